The highest BCUT2D eigenvalue weighted by molar-refractivity contribution is 5.92. The Kier molecular flexibility index (Phi) is 7.13. The Bertz CT molecular complexity index is 506. The second kappa shape index (κ2) is 8.88. The molecule has 0 aliphatic carbocycles. The van der Waals surface area contributed by atoms with Crippen LogP contribution in [-0.2, 0) is 9.53 Å². The van der Waals surface area contributed by atoms with E-state index >= 15 is 0 Å². The van der Waals surface area contributed by atoms with Crippen LogP contribution in [0.4, 0.5) is 0 Å². The third-order valence-electron chi connectivity index (χ3n) is 3.02. The summed E-state index contributed by atoms with van der Waals surface area (Å²) in [5.74, 6) is -1.49. The molecule has 21 heavy (non-hydrogen) atoms. The molecule has 0 radical (unpaired) electrons. The van der Waals surface area contributed by atoms with Crippen molar-refractivity contribution in [3.63, 3.8) is 0 Å². The van der Waals surface area contributed by atoms with Gasteiger partial charge in [-0.25, -0.2) is 0 Å². The van der Waals surface area contributed by atoms with Crippen LogP contribution >= 0.6 is 0 Å². The van der Waals surface area contributed by atoms with E-state index < -0.39 is 11.9 Å². The van der Waals surface area contributed by atoms with Crippen LogP contribution in [0.2, 0.25) is 0 Å². The number of aliphatic imine (C=N–C) groups is 1. The number of carbonyl (C=O) groups is 1. The molecule has 0 unspecified atom stereocenters. The van der Waals surface area contributed by atoms with E-state index in [0.717, 1.165) is 5.56 Å². The van der Waals surface area contributed by atoms with Crippen LogP contribution in [0, 0.1) is 17.2 Å². The van der Waals surface area contributed by atoms with Gasteiger partial charge in [0.15, 0.2) is 5.92 Å². The lowest BCUT2D eigenvalue weighted by Gasteiger charge is -2.23. The van der Waals surface area contributed by atoms with Crippen molar-refractivity contribution in [3.05, 3.63) is 35.9 Å². The summed E-state index contributed by atoms with van der Waals surface area (Å²) < 4.78 is 4.82. The minimum Gasteiger partial charge on any atom is -0.465 e. The molecular weight excluding hydrogens is 266 g/mol. The van der Waals surface area contributed by atoms with Gasteiger partial charge in [0.1, 0.15) is 0 Å². The van der Waals surface area contributed by atoms with Crippen LogP contribution in [0.3, 0.4) is 0 Å². The van der Waals surface area contributed by atoms with Crippen molar-refractivity contribution in [1.29, 1.82) is 5.26 Å². The highest BCUT2D eigenvalue weighted by Gasteiger charge is 2.17. The van der Waals surface area contributed by atoms with Crippen LogP contribution in [-0.4, -0.2) is 44.3 Å². The second-order valence-corrected chi connectivity index (χ2v) is 4.76. The molecule has 0 aliphatic heterocycles. The fourth-order valence-electron chi connectivity index (χ4n) is 1.89. The third-order valence-corrected chi connectivity index (χ3v) is 3.02. The Labute approximate surface area is 125 Å². The smallest absolute Gasteiger partial charge is 0.328 e. The summed E-state index contributed by atoms with van der Waals surface area (Å²) in [4.78, 5) is 17.8. The molecule has 5 nitrogen and oxygen atoms in total. The Morgan fingerprint density at radius 1 is 1.43 bits per heavy atom. The maximum Gasteiger partial charge on any atom is 0.328 e. The third kappa shape index (κ3) is 5.36. The van der Waals surface area contributed by atoms with Crippen molar-refractivity contribution in [3.8, 4) is 6.07 Å². The number of nitrogens with zero attached hydrogens (tertiary/aromatic N) is 3. The van der Waals surface area contributed by atoms with Gasteiger partial charge in [0.25, 0.3) is 0 Å². The average Bonchev–Trinajstić information content (AvgIpc) is 2.48. The van der Waals surface area contributed by atoms with Crippen molar-refractivity contribution in [2.75, 3.05) is 27.2 Å². The molecule has 0 aliphatic rings. The zero-order chi connectivity index (χ0) is 15.7. The molecule has 0 aromatic heterocycles. The number of hydrogen-bond donors (Lipinski definition) is 0. The fourth-order valence-corrected chi connectivity index (χ4v) is 1.89. The number of carbonyl (C=O) groups excluding carboxylic acids is 1. The molecular formula is C16H21N3O2. The van der Waals surface area contributed by atoms with Crippen LogP contribution in [0.1, 0.15) is 18.5 Å². The lowest BCUT2D eigenvalue weighted by molar-refractivity contribution is -0.143. The monoisotopic (exact) mass is 287 g/mol. The quantitative estimate of drug-likeness (QED) is 0.569. The van der Waals surface area contributed by atoms with Gasteiger partial charge in [0, 0.05) is 6.21 Å². The zero-order valence-electron chi connectivity index (χ0n) is 12.7. The summed E-state index contributed by atoms with van der Waals surface area (Å²) >= 11 is 0. The molecule has 0 spiro atoms. The second-order valence-electron chi connectivity index (χ2n) is 4.76. The first-order chi connectivity index (χ1) is 10.1. The van der Waals surface area contributed by atoms with Crippen LogP contribution in [0.5, 0.6) is 0 Å². The lowest BCUT2D eigenvalue weighted by atomic mass is 10.1. The van der Waals surface area contributed by atoms with Crippen molar-refractivity contribution < 1.29 is 9.53 Å². The molecule has 0 fully saturated rings. The maximum absolute atomic E-state index is 11.5. The van der Waals surface area contributed by atoms with Gasteiger partial charge in [-0.2, -0.15) is 5.26 Å². The summed E-state index contributed by atoms with van der Waals surface area (Å²) in [6.45, 7) is 2.45. The maximum atomic E-state index is 11.5. The van der Waals surface area contributed by atoms with Gasteiger partial charge in [-0.3, -0.25) is 9.79 Å². The van der Waals surface area contributed by atoms with Crippen LogP contribution in [0.15, 0.2) is 35.3 Å². The standard InChI is InChI=1S/C16H21N3O2/c1-4-21-16(20)14(10-17)11-18-12-15(19(2)3)13-8-6-5-7-9-13/h5-9,11,14-15H,4,12H2,1-3H3/t14-,15-/m1/s1. The van der Waals surface area contributed by atoms with E-state index in [-0.39, 0.29) is 12.6 Å². The molecule has 0 saturated carbocycles. The first-order valence-corrected chi connectivity index (χ1v) is 6.87. The molecule has 0 bridgehead atoms. The van der Waals surface area contributed by atoms with Crippen LogP contribution in [0.25, 0.3) is 0 Å². The SMILES string of the molecule is CCOC(=O)[C@H](C#N)C=NC[C@H](c1ccccc1)N(C)C. The number of nitriles is 1. The van der Waals surface area contributed by atoms with Gasteiger partial charge < -0.3 is 9.64 Å². The lowest BCUT2D eigenvalue weighted by Crippen LogP contribution is -2.23. The number of ether oxygens (including phenoxy) is 1. The average molecular weight is 287 g/mol. The first-order valence-electron chi connectivity index (χ1n) is 6.87. The Hall–Kier alpha value is -2.19. The fraction of sp³-hybridized carbons (Fsp3) is 0.438. The van der Waals surface area contributed by atoms with Gasteiger partial charge in [0.05, 0.1) is 25.3 Å². The van der Waals surface area contributed by atoms with E-state index in [4.69, 9.17) is 10.00 Å². The molecule has 0 heterocycles. The minimum absolute atomic E-state index is 0.101. The molecule has 0 saturated heterocycles. The number of rotatable bonds is 7. The zero-order valence-corrected chi connectivity index (χ0v) is 12.7. The normalized spacial score (nSPS) is 13.9. The van der Waals surface area contributed by atoms with E-state index in [9.17, 15) is 4.79 Å². The van der Waals surface area contributed by atoms with Gasteiger partial charge >= 0.3 is 5.97 Å². The van der Waals surface area contributed by atoms with Crippen molar-refractivity contribution in [1.82, 2.24) is 4.90 Å². The highest BCUT2D eigenvalue weighted by Crippen LogP contribution is 2.17. The number of esters is 1. The van der Waals surface area contributed by atoms with Gasteiger partial charge in [-0.05, 0) is 26.6 Å². The largest absolute Gasteiger partial charge is 0.465 e. The van der Waals surface area contributed by atoms with Gasteiger partial charge in [-0.15, -0.1) is 0 Å². The van der Waals surface area contributed by atoms with E-state index in [2.05, 4.69) is 9.89 Å². The first kappa shape index (κ1) is 16.9. The molecule has 112 valence electrons. The number of likely N-dealkylation sites (N-methyl/N-ethyl adjacent to an activating group) is 1. The van der Waals surface area contributed by atoms with Crippen molar-refractivity contribution >= 4 is 12.2 Å². The summed E-state index contributed by atoms with van der Waals surface area (Å²) in [5, 5.41) is 8.96. The summed E-state index contributed by atoms with van der Waals surface area (Å²) in [6, 6.07) is 12.0. The van der Waals surface area contributed by atoms with E-state index in [1.807, 2.05) is 50.5 Å². The molecule has 1 aromatic rings. The Morgan fingerprint density at radius 2 is 2.10 bits per heavy atom. The number of hydrogen-bond acceptors (Lipinski definition) is 5. The van der Waals surface area contributed by atoms with Crippen molar-refractivity contribution in [2.45, 2.75) is 13.0 Å². The summed E-state index contributed by atoms with van der Waals surface area (Å²) in [7, 11) is 3.95. The Balaban J connectivity index is 2.71. The van der Waals surface area contributed by atoms with E-state index in [1.54, 1.807) is 6.92 Å². The molecule has 0 N–H and O–H groups in total. The molecule has 1 aromatic carbocycles. The number of benzene rings is 1. The highest BCUT2D eigenvalue weighted by atomic mass is 16.5. The van der Waals surface area contributed by atoms with Crippen molar-refractivity contribution in [2.24, 2.45) is 10.9 Å². The summed E-state index contributed by atoms with van der Waals surface area (Å²) in [6.07, 6.45) is 1.37. The molecule has 1 rings (SSSR count). The van der Waals surface area contributed by atoms with E-state index in [1.165, 1.54) is 6.21 Å². The molecule has 5 heteroatoms. The van der Waals surface area contributed by atoms with Crippen LogP contribution < -0.4 is 0 Å². The topological polar surface area (TPSA) is 65.7 Å². The Morgan fingerprint density at radius 3 is 2.62 bits per heavy atom. The minimum atomic E-state index is -0.941. The molecule has 0 amide bonds. The van der Waals surface area contributed by atoms with E-state index in [0.29, 0.717) is 6.54 Å². The van der Waals surface area contributed by atoms with Gasteiger partial charge in [-0.1, -0.05) is 30.3 Å². The van der Waals surface area contributed by atoms with Gasteiger partial charge in [0.2, 0.25) is 0 Å². The molecule has 2 atom stereocenters. The predicted molar refractivity (Wildman–Crippen MR) is 82.0 cm³/mol. The summed E-state index contributed by atoms with van der Waals surface area (Å²) in [5.41, 5.74) is 1.14. The predicted octanol–water partition coefficient (Wildman–Crippen LogP) is 2.06.